The van der Waals surface area contributed by atoms with Gasteiger partial charge in [0.15, 0.2) is 5.78 Å². The van der Waals surface area contributed by atoms with Gasteiger partial charge in [-0.1, -0.05) is 47.1 Å². The highest BCUT2D eigenvalue weighted by Gasteiger charge is 2.18. The maximum Gasteiger partial charge on any atom is 0.241 e. The van der Waals surface area contributed by atoms with E-state index in [9.17, 15) is 9.59 Å². The van der Waals surface area contributed by atoms with Crippen molar-refractivity contribution in [2.45, 2.75) is 39.3 Å². The van der Waals surface area contributed by atoms with Crippen LogP contribution in [0.3, 0.4) is 0 Å². The molecule has 25 heavy (non-hydrogen) atoms. The van der Waals surface area contributed by atoms with Gasteiger partial charge in [0.2, 0.25) is 5.91 Å². The van der Waals surface area contributed by atoms with Crippen LogP contribution in [0, 0.1) is 0 Å². The van der Waals surface area contributed by atoms with Crippen molar-refractivity contribution in [2.75, 3.05) is 5.32 Å². The number of amides is 1. The number of halogens is 1. The fraction of sp³-hybridized carbons (Fsp3) is 0.300. The number of nitrogens with one attached hydrogen (secondary N) is 2. The van der Waals surface area contributed by atoms with Crippen LogP contribution in [0.1, 0.15) is 49.2 Å². The molecule has 0 aliphatic heterocycles. The number of Topliss-reactive ketones (excluding diaryl/α,β-unsaturated/α-hetero) is 1. The molecular weight excluding hydrogens is 380 g/mol. The minimum atomic E-state index is -0.366. The van der Waals surface area contributed by atoms with E-state index in [0.29, 0.717) is 11.3 Å². The van der Waals surface area contributed by atoms with E-state index in [1.54, 1.807) is 24.3 Å². The maximum absolute atomic E-state index is 12.5. The summed E-state index contributed by atoms with van der Waals surface area (Å²) in [4.78, 5) is 23.9. The minimum Gasteiger partial charge on any atom is -0.325 e. The van der Waals surface area contributed by atoms with E-state index >= 15 is 0 Å². The monoisotopic (exact) mass is 402 g/mol. The number of rotatable bonds is 7. The summed E-state index contributed by atoms with van der Waals surface area (Å²) in [6.07, 6.45) is 0.874. The second-order valence-electron chi connectivity index (χ2n) is 6.03. The molecule has 0 bridgehead atoms. The van der Waals surface area contributed by atoms with Crippen LogP contribution in [0.15, 0.2) is 53.0 Å². The zero-order valence-electron chi connectivity index (χ0n) is 14.7. The van der Waals surface area contributed by atoms with Gasteiger partial charge in [-0.15, -0.1) is 0 Å². The summed E-state index contributed by atoms with van der Waals surface area (Å²) >= 11 is 3.44. The molecule has 0 heterocycles. The van der Waals surface area contributed by atoms with Crippen molar-refractivity contribution in [3.05, 3.63) is 64.1 Å². The summed E-state index contributed by atoms with van der Waals surface area (Å²) < 4.78 is 1.03. The lowest BCUT2D eigenvalue weighted by Gasteiger charge is -2.22. The van der Waals surface area contributed by atoms with Gasteiger partial charge < -0.3 is 5.32 Å². The summed E-state index contributed by atoms with van der Waals surface area (Å²) in [5.41, 5.74) is 2.35. The molecule has 0 spiro atoms. The fourth-order valence-corrected chi connectivity index (χ4v) is 2.85. The van der Waals surface area contributed by atoms with Gasteiger partial charge in [-0.25, -0.2) is 0 Å². The number of carbonyl (C=O) groups is 2. The Morgan fingerprint density at radius 2 is 1.80 bits per heavy atom. The fourth-order valence-electron chi connectivity index (χ4n) is 2.59. The van der Waals surface area contributed by atoms with Crippen molar-refractivity contribution in [1.29, 1.82) is 0 Å². The topological polar surface area (TPSA) is 58.2 Å². The van der Waals surface area contributed by atoms with Crippen LogP contribution < -0.4 is 10.6 Å². The molecule has 2 aromatic rings. The molecule has 0 saturated carbocycles. The van der Waals surface area contributed by atoms with E-state index in [-0.39, 0.29) is 23.8 Å². The molecule has 2 N–H and O–H groups in total. The highest BCUT2D eigenvalue weighted by molar-refractivity contribution is 9.10. The summed E-state index contributed by atoms with van der Waals surface area (Å²) in [5, 5.41) is 6.23. The number of anilines is 1. The Bertz CT molecular complexity index is 744. The Morgan fingerprint density at radius 1 is 1.12 bits per heavy atom. The smallest absolute Gasteiger partial charge is 0.241 e. The number of hydrogen-bond donors (Lipinski definition) is 2. The molecule has 0 aliphatic carbocycles. The second kappa shape index (κ2) is 8.92. The van der Waals surface area contributed by atoms with Crippen molar-refractivity contribution in [2.24, 2.45) is 0 Å². The van der Waals surface area contributed by atoms with Crippen molar-refractivity contribution < 1.29 is 9.59 Å². The molecule has 2 atom stereocenters. The molecule has 0 fully saturated rings. The van der Waals surface area contributed by atoms with Crippen molar-refractivity contribution in [1.82, 2.24) is 5.32 Å². The quantitative estimate of drug-likeness (QED) is 0.658. The predicted molar refractivity (Wildman–Crippen MR) is 105 cm³/mol. The van der Waals surface area contributed by atoms with Gasteiger partial charge in [0.05, 0.1) is 6.04 Å². The molecule has 0 saturated heterocycles. The summed E-state index contributed by atoms with van der Waals surface area (Å²) in [5.74, 6) is -0.153. The molecule has 0 unspecified atom stereocenters. The van der Waals surface area contributed by atoms with Crippen LogP contribution in [0.5, 0.6) is 0 Å². The van der Waals surface area contributed by atoms with Crippen LogP contribution in [0.25, 0.3) is 0 Å². The van der Waals surface area contributed by atoms with Gasteiger partial charge >= 0.3 is 0 Å². The average Bonchev–Trinajstić information content (AvgIpc) is 2.60. The first kappa shape index (κ1) is 19.3. The van der Waals surface area contributed by atoms with Gasteiger partial charge in [0.25, 0.3) is 0 Å². The normalized spacial score (nSPS) is 13.1. The van der Waals surface area contributed by atoms with Gasteiger partial charge in [-0.3, -0.25) is 14.9 Å². The van der Waals surface area contributed by atoms with E-state index in [1.165, 1.54) is 6.92 Å². The summed E-state index contributed by atoms with van der Waals surface area (Å²) in [6, 6.07) is 14.8. The van der Waals surface area contributed by atoms with E-state index in [4.69, 9.17) is 0 Å². The third kappa shape index (κ3) is 5.51. The molecule has 132 valence electrons. The molecule has 4 nitrogen and oxygen atoms in total. The van der Waals surface area contributed by atoms with E-state index < -0.39 is 0 Å². The van der Waals surface area contributed by atoms with E-state index in [0.717, 1.165) is 16.5 Å². The lowest BCUT2D eigenvalue weighted by atomic mass is 10.0. The van der Waals surface area contributed by atoms with Crippen molar-refractivity contribution in [3.8, 4) is 0 Å². The zero-order valence-corrected chi connectivity index (χ0v) is 16.3. The predicted octanol–water partition coefficient (Wildman–Crippen LogP) is 4.72. The van der Waals surface area contributed by atoms with Crippen molar-refractivity contribution >= 4 is 33.3 Å². The molecule has 0 aromatic heterocycles. The second-order valence-corrected chi connectivity index (χ2v) is 6.94. The van der Waals surface area contributed by atoms with Crippen molar-refractivity contribution in [3.63, 3.8) is 0 Å². The van der Waals surface area contributed by atoms with Gasteiger partial charge in [-0.2, -0.15) is 0 Å². The Hall–Kier alpha value is -1.98. The number of benzene rings is 2. The van der Waals surface area contributed by atoms with Crippen LogP contribution >= 0.6 is 15.9 Å². The van der Waals surface area contributed by atoms with E-state index in [1.807, 2.05) is 31.2 Å². The molecule has 0 aliphatic rings. The largest absolute Gasteiger partial charge is 0.325 e. The standard InChI is InChI=1S/C20H23BrN2O2/c1-4-19(15-8-10-17(21)11-9-15)22-13(2)20(25)23-18-7-5-6-16(12-18)14(3)24/h5-13,19,22H,4H2,1-3H3,(H,23,25)/t13-,19+/m0/s1. The molecule has 1 amide bonds. The zero-order chi connectivity index (χ0) is 18.4. The minimum absolute atomic E-state index is 0.0245. The lowest BCUT2D eigenvalue weighted by Crippen LogP contribution is -2.40. The third-order valence-corrected chi connectivity index (χ3v) is 4.59. The molecule has 5 heteroatoms. The van der Waals surface area contributed by atoms with Gasteiger partial charge in [-0.05, 0) is 50.1 Å². The van der Waals surface area contributed by atoms with Crippen LogP contribution in [-0.2, 0) is 4.79 Å². The SMILES string of the molecule is CC[C@@H](N[C@@H](C)C(=O)Nc1cccc(C(C)=O)c1)c1ccc(Br)cc1. The summed E-state index contributed by atoms with van der Waals surface area (Å²) in [6.45, 7) is 5.43. The summed E-state index contributed by atoms with van der Waals surface area (Å²) in [7, 11) is 0. The molecule has 2 aromatic carbocycles. The Morgan fingerprint density at radius 3 is 2.40 bits per heavy atom. The molecule has 0 radical (unpaired) electrons. The maximum atomic E-state index is 12.5. The number of carbonyl (C=O) groups excluding carboxylic acids is 2. The highest BCUT2D eigenvalue weighted by Crippen LogP contribution is 2.20. The molecule has 2 rings (SSSR count). The highest BCUT2D eigenvalue weighted by atomic mass is 79.9. The Labute approximate surface area is 157 Å². The number of ketones is 1. The Kier molecular flexibility index (Phi) is 6.91. The first-order valence-electron chi connectivity index (χ1n) is 8.34. The first-order valence-corrected chi connectivity index (χ1v) is 9.13. The van der Waals surface area contributed by atoms with Crippen LogP contribution in [0.4, 0.5) is 5.69 Å². The Balaban J connectivity index is 2.02. The first-order chi connectivity index (χ1) is 11.9. The van der Waals surface area contributed by atoms with Crippen LogP contribution in [0.2, 0.25) is 0 Å². The van der Waals surface area contributed by atoms with Gasteiger partial charge in [0, 0.05) is 21.8 Å². The number of hydrogen-bond acceptors (Lipinski definition) is 3. The average molecular weight is 403 g/mol. The van der Waals surface area contributed by atoms with E-state index in [2.05, 4.69) is 33.5 Å². The third-order valence-electron chi connectivity index (χ3n) is 4.06. The lowest BCUT2D eigenvalue weighted by molar-refractivity contribution is -0.118. The van der Waals surface area contributed by atoms with Gasteiger partial charge in [0.1, 0.15) is 0 Å². The molecular formula is C20H23BrN2O2. The van der Waals surface area contributed by atoms with Crippen LogP contribution in [-0.4, -0.2) is 17.7 Å².